The van der Waals surface area contributed by atoms with Crippen molar-refractivity contribution in [2.24, 2.45) is 17.3 Å². The molecule has 82 valence electrons. The molecule has 0 N–H and O–H groups in total. The molecule has 3 atom stereocenters. The third-order valence-corrected chi connectivity index (χ3v) is 3.96. The molecule has 1 saturated heterocycles. The van der Waals surface area contributed by atoms with Gasteiger partial charge < -0.3 is 4.74 Å². The topological polar surface area (TPSA) is 26.3 Å². The number of carbonyl (C=O) groups is 1. The van der Waals surface area contributed by atoms with E-state index in [2.05, 4.69) is 6.92 Å². The van der Waals surface area contributed by atoms with Crippen LogP contribution in [0, 0.1) is 17.3 Å². The zero-order valence-corrected chi connectivity index (χ0v) is 9.22. The summed E-state index contributed by atoms with van der Waals surface area (Å²) in [6.07, 6.45) is 4.07. The molecule has 0 radical (unpaired) electrons. The van der Waals surface area contributed by atoms with E-state index in [0.29, 0.717) is 18.4 Å². The van der Waals surface area contributed by atoms with Crippen LogP contribution >= 0.6 is 0 Å². The van der Waals surface area contributed by atoms with Gasteiger partial charge in [0.2, 0.25) is 0 Å². The van der Waals surface area contributed by atoms with Crippen LogP contribution in [-0.4, -0.2) is 12.6 Å². The summed E-state index contributed by atoms with van der Waals surface area (Å²) in [7, 11) is 0. The maximum atomic E-state index is 11.7. The molecule has 0 amide bonds. The molecule has 1 aliphatic heterocycles. The number of benzene rings is 1. The molecule has 16 heavy (non-hydrogen) atoms. The summed E-state index contributed by atoms with van der Waals surface area (Å²) in [5, 5.41) is 0. The second-order valence-corrected chi connectivity index (χ2v) is 4.67. The van der Waals surface area contributed by atoms with Crippen LogP contribution in [0.3, 0.4) is 0 Å². The van der Waals surface area contributed by atoms with E-state index >= 15 is 0 Å². The van der Waals surface area contributed by atoms with Crippen molar-refractivity contribution in [2.45, 2.75) is 6.92 Å². The van der Waals surface area contributed by atoms with Crippen molar-refractivity contribution in [3.05, 3.63) is 42.0 Å². The molecule has 2 heteroatoms. The van der Waals surface area contributed by atoms with Gasteiger partial charge in [-0.25, -0.2) is 0 Å². The fourth-order valence-corrected chi connectivity index (χ4v) is 2.73. The Balaban J connectivity index is 1.86. The molecular formula is C14H14O2. The Morgan fingerprint density at radius 3 is 2.75 bits per heavy atom. The lowest BCUT2D eigenvalue weighted by Crippen LogP contribution is -2.13. The summed E-state index contributed by atoms with van der Waals surface area (Å²) in [5.74, 6) is 0.797. The molecule has 1 saturated carbocycles. The number of cyclic esters (lactones) is 1. The van der Waals surface area contributed by atoms with Gasteiger partial charge in [0.25, 0.3) is 0 Å². The molecule has 0 bridgehead atoms. The van der Waals surface area contributed by atoms with Gasteiger partial charge >= 0.3 is 5.97 Å². The second kappa shape index (κ2) is 3.21. The van der Waals surface area contributed by atoms with Crippen LogP contribution in [0.5, 0.6) is 0 Å². The summed E-state index contributed by atoms with van der Waals surface area (Å²) in [5.41, 5.74) is 0.824. The maximum absolute atomic E-state index is 11.7. The van der Waals surface area contributed by atoms with E-state index in [1.165, 1.54) is 0 Å². The van der Waals surface area contributed by atoms with Crippen LogP contribution in [0.1, 0.15) is 12.5 Å². The first-order chi connectivity index (χ1) is 7.75. The van der Waals surface area contributed by atoms with Gasteiger partial charge in [-0.05, 0) is 11.5 Å². The largest absolute Gasteiger partial charge is 0.465 e. The number of rotatable bonds is 2. The Kier molecular flexibility index (Phi) is 1.93. The Hall–Kier alpha value is -1.57. The summed E-state index contributed by atoms with van der Waals surface area (Å²) in [6, 6.07) is 10.1. The monoisotopic (exact) mass is 214 g/mol. The molecule has 0 spiro atoms. The minimum Gasteiger partial charge on any atom is -0.465 e. The van der Waals surface area contributed by atoms with Crippen LogP contribution in [-0.2, 0) is 9.53 Å². The van der Waals surface area contributed by atoms with Gasteiger partial charge in [0, 0.05) is 5.92 Å². The van der Waals surface area contributed by atoms with Crippen molar-refractivity contribution in [3.63, 3.8) is 0 Å². The lowest BCUT2D eigenvalue weighted by Gasteiger charge is -2.05. The van der Waals surface area contributed by atoms with Gasteiger partial charge in [-0.2, -0.15) is 0 Å². The Labute approximate surface area is 94.9 Å². The quantitative estimate of drug-likeness (QED) is 0.707. The first-order valence-electron chi connectivity index (χ1n) is 5.66. The maximum Gasteiger partial charge on any atom is 0.316 e. The van der Waals surface area contributed by atoms with Gasteiger partial charge in [0.05, 0.1) is 12.0 Å². The first-order valence-corrected chi connectivity index (χ1v) is 5.66. The van der Waals surface area contributed by atoms with Crippen molar-refractivity contribution in [1.82, 2.24) is 0 Å². The highest BCUT2D eigenvalue weighted by Crippen LogP contribution is 2.64. The van der Waals surface area contributed by atoms with Gasteiger partial charge in [0.1, 0.15) is 0 Å². The first kappa shape index (κ1) is 9.64. The summed E-state index contributed by atoms with van der Waals surface area (Å²) < 4.78 is 5.09. The number of hydrogen-bond acceptors (Lipinski definition) is 2. The molecule has 1 aromatic carbocycles. The van der Waals surface area contributed by atoms with E-state index in [1.807, 2.05) is 42.5 Å². The lowest BCUT2D eigenvalue weighted by molar-refractivity contribution is -0.144. The van der Waals surface area contributed by atoms with Crippen molar-refractivity contribution < 1.29 is 9.53 Å². The molecular weight excluding hydrogens is 200 g/mol. The second-order valence-electron chi connectivity index (χ2n) is 4.67. The average Bonchev–Trinajstić information content (AvgIpc) is 2.73. The smallest absolute Gasteiger partial charge is 0.316 e. The number of hydrogen-bond donors (Lipinski definition) is 0. The molecule has 1 aromatic rings. The van der Waals surface area contributed by atoms with E-state index in [-0.39, 0.29) is 11.4 Å². The predicted molar refractivity (Wildman–Crippen MR) is 61.5 cm³/mol. The van der Waals surface area contributed by atoms with Gasteiger partial charge in [-0.3, -0.25) is 4.79 Å². The fraction of sp³-hybridized carbons (Fsp3) is 0.357. The van der Waals surface area contributed by atoms with E-state index in [0.717, 1.165) is 5.56 Å². The third kappa shape index (κ3) is 1.16. The van der Waals surface area contributed by atoms with Crippen LogP contribution in [0.4, 0.5) is 0 Å². The minimum absolute atomic E-state index is 0.0443. The minimum atomic E-state index is -0.310. The molecule has 0 aromatic heterocycles. The SMILES string of the molecule is C[C@H]1[C@H]2COC(=O)[C@]21/C=C/c1ccccc1. The fourth-order valence-electron chi connectivity index (χ4n) is 2.73. The molecule has 2 aliphatic rings. The highest BCUT2D eigenvalue weighted by molar-refractivity contribution is 5.87. The molecule has 0 unspecified atom stereocenters. The number of ether oxygens (including phenoxy) is 1. The Morgan fingerprint density at radius 2 is 2.12 bits per heavy atom. The van der Waals surface area contributed by atoms with Gasteiger partial charge in [0.15, 0.2) is 0 Å². The average molecular weight is 214 g/mol. The van der Waals surface area contributed by atoms with Gasteiger partial charge in [-0.15, -0.1) is 0 Å². The van der Waals surface area contributed by atoms with Crippen molar-refractivity contribution in [1.29, 1.82) is 0 Å². The highest BCUT2D eigenvalue weighted by atomic mass is 16.5. The van der Waals surface area contributed by atoms with E-state index in [1.54, 1.807) is 0 Å². The summed E-state index contributed by atoms with van der Waals surface area (Å²) >= 11 is 0. The summed E-state index contributed by atoms with van der Waals surface area (Å²) in [4.78, 5) is 11.7. The predicted octanol–water partition coefficient (Wildman–Crippen LogP) is 2.51. The zero-order valence-electron chi connectivity index (χ0n) is 9.22. The Bertz CT molecular complexity index is 449. The molecule has 1 aliphatic carbocycles. The normalized spacial score (nSPS) is 36.2. The summed E-state index contributed by atoms with van der Waals surface area (Å²) in [6.45, 7) is 2.72. The van der Waals surface area contributed by atoms with E-state index in [9.17, 15) is 4.79 Å². The number of fused-ring (bicyclic) bond motifs is 1. The van der Waals surface area contributed by atoms with Crippen molar-refractivity contribution >= 4 is 12.0 Å². The molecule has 2 nitrogen and oxygen atoms in total. The molecule has 2 fully saturated rings. The van der Waals surface area contributed by atoms with E-state index < -0.39 is 0 Å². The van der Waals surface area contributed by atoms with Gasteiger partial charge in [-0.1, -0.05) is 49.4 Å². The van der Waals surface area contributed by atoms with E-state index in [4.69, 9.17) is 4.74 Å². The number of carbonyl (C=O) groups excluding carboxylic acids is 1. The van der Waals surface area contributed by atoms with Crippen LogP contribution < -0.4 is 0 Å². The molecule has 3 rings (SSSR count). The third-order valence-electron chi connectivity index (χ3n) is 3.96. The van der Waals surface area contributed by atoms with Crippen LogP contribution in [0.2, 0.25) is 0 Å². The van der Waals surface area contributed by atoms with Crippen molar-refractivity contribution in [2.75, 3.05) is 6.61 Å². The van der Waals surface area contributed by atoms with Crippen molar-refractivity contribution in [3.8, 4) is 0 Å². The molecule has 1 heterocycles. The van der Waals surface area contributed by atoms with Crippen LogP contribution in [0.15, 0.2) is 36.4 Å². The standard InChI is InChI=1S/C14H14O2/c1-10-12-9-16-13(15)14(10,12)8-7-11-5-3-2-4-6-11/h2-8,10,12H,9H2,1H3/b8-7+/t10-,12+,14-/m0/s1. The number of esters is 1. The zero-order chi connectivity index (χ0) is 11.2. The highest BCUT2D eigenvalue weighted by Gasteiger charge is 2.70. The van der Waals surface area contributed by atoms with Crippen LogP contribution in [0.25, 0.3) is 6.08 Å². The Morgan fingerprint density at radius 1 is 1.38 bits per heavy atom. The lowest BCUT2D eigenvalue weighted by atomic mass is 10.0.